The predicted molar refractivity (Wildman–Crippen MR) is 83.6 cm³/mol. The molecule has 2 rings (SSSR count). The van der Waals surface area contributed by atoms with Crippen LogP contribution in [0.25, 0.3) is 11.0 Å². The Balaban J connectivity index is 2.28. The second-order valence-corrected chi connectivity index (χ2v) is 5.66. The largest absolute Gasteiger partial charge is 0.383 e. The van der Waals surface area contributed by atoms with Crippen molar-refractivity contribution in [3.63, 3.8) is 0 Å². The van der Waals surface area contributed by atoms with Crippen LogP contribution >= 0.6 is 11.6 Å². The van der Waals surface area contributed by atoms with E-state index in [1.54, 1.807) is 7.11 Å². The fraction of sp³-hybridized carbons (Fsp3) is 0.467. The van der Waals surface area contributed by atoms with Gasteiger partial charge in [-0.05, 0) is 31.5 Å². The molecule has 0 saturated carbocycles. The highest BCUT2D eigenvalue weighted by molar-refractivity contribution is 6.20. The van der Waals surface area contributed by atoms with Crippen LogP contribution in [0.4, 0.5) is 0 Å². The lowest BCUT2D eigenvalue weighted by atomic mass is 10.2. The van der Waals surface area contributed by atoms with Crippen molar-refractivity contribution in [2.45, 2.75) is 25.8 Å². The van der Waals surface area contributed by atoms with E-state index in [0.29, 0.717) is 19.0 Å². The quantitative estimate of drug-likeness (QED) is 0.658. The fourth-order valence-corrected chi connectivity index (χ4v) is 2.39. The molecule has 1 aromatic heterocycles. The highest BCUT2D eigenvalue weighted by atomic mass is 35.5. The standard InChI is InChI=1S/C15H20ClN3O2/c1-10-4-5-13-12(8-10)18-15(11(2)16)19(13)9-14(20)17-6-7-21-3/h4-5,8,11H,6-7,9H2,1-3H3,(H,17,20). The molecule has 1 amide bonds. The lowest BCUT2D eigenvalue weighted by molar-refractivity contribution is -0.121. The number of nitrogens with zero attached hydrogens (tertiary/aromatic N) is 2. The number of carbonyl (C=O) groups is 1. The third kappa shape index (κ3) is 3.74. The van der Waals surface area contributed by atoms with Gasteiger partial charge in [-0.25, -0.2) is 4.98 Å². The minimum atomic E-state index is -0.260. The molecule has 114 valence electrons. The van der Waals surface area contributed by atoms with Crippen LogP contribution in [0, 0.1) is 6.92 Å². The van der Waals surface area contributed by atoms with Crippen LogP contribution in [0.3, 0.4) is 0 Å². The molecule has 2 aromatic rings. The second kappa shape index (κ2) is 6.91. The molecule has 21 heavy (non-hydrogen) atoms. The van der Waals surface area contributed by atoms with Crippen molar-refractivity contribution in [2.24, 2.45) is 0 Å². The van der Waals surface area contributed by atoms with Crippen LogP contribution in [-0.2, 0) is 16.1 Å². The van der Waals surface area contributed by atoms with Crippen LogP contribution in [0.2, 0.25) is 0 Å². The van der Waals surface area contributed by atoms with Gasteiger partial charge >= 0.3 is 0 Å². The van der Waals surface area contributed by atoms with Gasteiger partial charge in [-0.15, -0.1) is 11.6 Å². The van der Waals surface area contributed by atoms with Gasteiger partial charge in [0.2, 0.25) is 5.91 Å². The number of imidazole rings is 1. The summed E-state index contributed by atoms with van der Waals surface area (Å²) in [4.78, 5) is 16.6. The topological polar surface area (TPSA) is 56.1 Å². The lowest BCUT2D eigenvalue weighted by Gasteiger charge is -2.11. The number of hydrogen-bond donors (Lipinski definition) is 1. The van der Waals surface area contributed by atoms with Gasteiger partial charge < -0.3 is 14.6 Å². The fourth-order valence-electron chi connectivity index (χ4n) is 2.22. The van der Waals surface area contributed by atoms with E-state index in [-0.39, 0.29) is 17.8 Å². The number of benzene rings is 1. The van der Waals surface area contributed by atoms with Crippen molar-refractivity contribution in [1.29, 1.82) is 0 Å². The molecule has 0 aliphatic rings. The minimum absolute atomic E-state index is 0.0782. The molecule has 0 aliphatic heterocycles. The number of aryl methyl sites for hydroxylation is 1. The van der Waals surface area contributed by atoms with Crippen molar-refractivity contribution in [1.82, 2.24) is 14.9 Å². The van der Waals surface area contributed by atoms with Crippen molar-refractivity contribution in [3.05, 3.63) is 29.6 Å². The first-order valence-corrected chi connectivity index (χ1v) is 7.33. The molecule has 0 radical (unpaired) electrons. The number of ether oxygens (including phenoxy) is 1. The van der Waals surface area contributed by atoms with E-state index in [4.69, 9.17) is 16.3 Å². The van der Waals surface area contributed by atoms with E-state index < -0.39 is 0 Å². The Bertz CT molecular complexity index is 637. The Morgan fingerprint density at radius 2 is 2.29 bits per heavy atom. The molecule has 1 atom stereocenters. The monoisotopic (exact) mass is 309 g/mol. The third-order valence-corrected chi connectivity index (χ3v) is 3.41. The number of methoxy groups -OCH3 is 1. The second-order valence-electron chi connectivity index (χ2n) is 5.01. The Labute approximate surface area is 129 Å². The van der Waals surface area contributed by atoms with Crippen molar-refractivity contribution in [2.75, 3.05) is 20.3 Å². The summed E-state index contributed by atoms with van der Waals surface area (Å²) in [6, 6.07) is 5.98. The van der Waals surface area contributed by atoms with Gasteiger partial charge in [0.25, 0.3) is 0 Å². The molecule has 1 unspecified atom stereocenters. The van der Waals surface area contributed by atoms with E-state index in [9.17, 15) is 4.79 Å². The average Bonchev–Trinajstić information content (AvgIpc) is 2.77. The van der Waals surface area contributed by atoms with Crippen molar-refractivity contribution in [3.8, 4) is 0 Å². The van der Waals surface area contributed by atoms with Crippen LogP contribution in [0.5, 0.6) is 0 Å². The Kier molecular flexibility index (Phi) is 5.20. The van der Waals surface area contributed by atoms with Crippen molar-refractivity contribution < 1.29 is 9.53 Å². The SMILES string of the molecule is COCCNC(=O)Cn1c(C(C)Cl)nc2cc(C)ccc21. The van der Waals surface area contributed by atoms with Crippen LogP contribution in [0.15, 0.2) is 18.2 Å². The zero-order chi connectivity index (χ0) is 15.4. The maximum atomic E-state index is 12.0. The summed E-state index contributed by atoms with van der Waals surface area (Å²) in [5, 5.41) is 2.55. The molecular weight excluding hydrogens is 290 g/mol. The minimum Gasteiger partial charge on any atom is -0.383 e. The Morgan fingerprint density at radius 1 is 1.52 bits per heavy atom. The highest BCUT2D eigenvalue weighted by Crippen LogP contribution is 2.25. The van der Waals surface area contributed by atoms with Gasteiger partial charge in [0.05, 0.1) is 23.0 Å². The van der Waals surface area contributed by atoms with Gasteiger partial charge in [0.15, 0.2) is 0 Å². The molecule has 0 spiro atoms. The molecule has 0 fully saturated rings. The van der Waals surface area contributed by atoms with Gasteiger partial charge in [-0.3, -0.25) is 4.79 Å². The lowest BCUT2D eigenvalue weighted by Crippen LogP contribution is -2.30. The van der Waals surface area contributed by atoms with E-state index in [0.717, 1.165) is 16.6 Å². The van der Waals surface area contributed by atoms with Crippen LogP contribution in [0.1, 0.15) is 23.7 Å². The molecule has 0 bridgehead atoms. The number of halogens is 1. The molecule has 1 heterocycles. The van der Waals surface area contributed by atoms with E-state index >= 15 is 0 Å². The number of hydrogen-bond acceptors (Lipinski definition) is 3. The van der Waals surface area contributed by atoms with E-state index in [2.05, 4.69) is 10.3 Å². The summed E-state index contributed by atoms with van der Waals surface area (Å²) in [5.41, 5.74) is 2.91. The molecule has 0 aliphatic carbocycles. The van der Waals surface area contributed by atoms with Crippen LogP contribution in [-0.4, -0.2) is 35.7 Å². The smallest absolute Gasteiger partial charge is 0.240 e. The number of alkyl halides is 1. The average molecular weight is 310 g/mol. The number of fused-ring (bicyclic) bond motifs is 1. The maximum Gasteiger partial charge on any atom is 0.240 e. The summed E-state index contributed by atoms with van der Waals surface area (Å²) in [5.74, 6) is 0.629. The number of amides is 1. The number of aromatic nitrogens is 2. The molecular formula is C15H20ClN3O2. The van der Waals surface area contributed by atoms with Crippen molar-refractivity contribution >= 4 is 28.5 Å². The first-order valence-electron chi connectivity index (χ1n) is 6.89. The van der Waals surface area contributed by atoms with Gasteiger partial charge in [-0.2, -0.15) is 0 Å². The van der Waals surface area contributed by atoms with E-state index in [1.165, 1.54) is 0 Å². The predicted octanol–water partition coefficient (Wildman–Crippen LogP) is 2.41. The number of rotatable bonds is 6. The Morgan fingerprint density at radius 3 is 2.95 bits per heavy atom. The normalized spacial score (nSPS) is 12.6. The number of carbonyl (C=O) groups excluding carboxylic acids is 1. The first kappa shape index (κ1) is 15.8. The third-order valence-electron chi connectivity index (χ3n) is 3.22. The van der Waals surface area contributed by atoms with Gasteiger partial charge in [-0.1, -0.05) is 6.07 Å². The van der Waals surface area contributed by atoms with E-state index in [1.807, 2.05) is 36.6 Å². The van der Waals surface area contributed by atoms with Gasteiger partial charge in [0, 0.05) is 13.7 Å². The molecule has 1 N–H and O–H groups in total. The van der Waals surface area contributed by atoms with Crippen LogP contribution < -0.4 is 5.32 Å². The molecule has 1 aromatic carbocycles. The maximum absolute atomic E-state index is 12.0. The zero-order valence-corrected chi connectivity index (χ0v) is 13.3. The summed E-state index contributed by atoms with van der Waals surface area (Å²) < 4.78 is 6.79. The first-order chi connectivity index (χ1) is 10.0. The highest BCUT2D eigenvalue weighted by Gasteiger charge is 2.17. The number of nitrogens with one attached hydrogen (secondary N) is 1. The summed E-state index contributed by atoms with van der Waals surface area (Å²) >= 11 is 6.19. The molecule has 0 saturated heterocycles. The summed E-state index contributed by atoms with van der Waals surface area (Å²) in [6.07, 6.45) is 0. The summed E-state index contributed by atoms with van der Waals surface area (Å²) in [6.45, 7) is 5.06. The molecule has 5 nitrogen and oxygen atoms in total. The summed E-state index contributed by atoms with van der Waals surface area (Å²) in [7, 11) is 1.60. The Hall–Kier alpha value is -1.59. The van der Waals surface area contributed by atoms with Gasteiger partial charge in [0.1, 0.15) is 12.4 Å². The zero-order valence-electron chi connectivity index (χ0n) is 12.5. The molecule has 6 heteroatoms.